The number of fused-ring (bicyclic) bond motifs is 1. The van der Waals surface area contributed by atoms with Gasteiger partial charge in [0.2, 0.25) is 0 Å². The zero-order valence-electron chi connectivity index (χ0n) is 15.0. The second-order valence-corrected chi connectivity index (χ2v) is 7.01. The van der Waals surface area contributed by atoms with Crippen LogP contribution in [0.15, 0.2) is 48.5 Å². The molecule has 1 fully saturated rings. The summed E-state index contributed by atoms with van der Waals surface area (Å²) in [6, 6.07) is 16.6. The van der Waals surface area contributed by atoms with Gasteiger partial charge in [-0.1, -0.05) is 48.5 Å². The summed E-state index contributed by atoms with van der Waals surface area (Å²) in [5, 5.41) is 3.39. The van der Waals surface area contributed by atoms with E-state index >= 15 is 0 Å². The summed E-state index contributed by atoms with van der Waals surface area (Å²) < 4.78 is 5.43. The van der Waals surface area contributed by atoms with Crippen molar-refractivity contribution in [3.05, 3.63) is 70.8 Å². The molecule has 0 unspecified atom stereocenters. The second kappa shape index (κ2) is 7.89. The van der Waals surface area contributed by atoms with Crippen LogP contribution in [0.1, 0.15) is 22.3 Å². The number of hydrogen-bond donors (Lipinski definition) is 1. The van der Waals surface area contributed by atoms with Crippen molar-refractivity contribution in [2.75, 3.05) is 26.2 Å². The minimum Gasteiger partial charge on any atom is -0.445 e. The summed E-state index contributed by atoms with van der Waals surface area (Å²) in [5.74, 6) is 0. The fourth-order valence-electron chi connectivity index (χ4n) is 3.60. The predicted molar refractivity (Wildman–Crippen MR) is 100 cm³/mol. The van der Waals surface area contributed by atoms with Crippen LogP contribution in [-0.2, 0) is 31.0 Å². The highest BCUT2D eigenvalue weighted by Gasteiger charge is 2.22. The van der Waals surface area contributed by atoms with Gasteiger partial charge >= 0.3 is 6.09 Å². The third-order valence-electron chi connectivity index (χ3n) is 5.14. The highest BCUT2D eigenvalue weighted by molar-refractivity contribution is 5.67. The van der Waals surface area contributed by atoms with Gasteiger partial charge in [-0.25, -0.2) is 4.79 Å². The number of carbonyl (C=O) groups excluding carboxylic acids is 1. The first-order valence-electron chi connectivity index (χ1n) is 9.27. The zero-order chi connectivity index (χ0) is 17.8. The monoisotopic (exact) mass is 351 g/mol. The van der Waals surface area contributed by atoms with Gasteiger partial charge in [0.1, 0.15) is 6.61 Å². The van der Waals surface area contributed by atoms with Gasteiger partial charge in [0.15, 0.2) is 0 Å². The molecule has 136 valence electrons. The molecule has 2 aromatic carbocycles. The number of nitrogens with one attached hydrogen (secondary N) is 1. The summed E-state index contributed by atoms with van der Waals surface area (Å²) >= 11 is 0. The third kappa shape index (κ3) is 4.06. The number of benzene rings is 2. The van der Waals surface area contributed by atoms with E-state index in [1.165, 1.54) is 16.7 Å². The van der Waals surface area contributed by atoms with Gasteiger partial charge in [0, 0.05) is 45.8 Å². The van der Waals surface area contributed by atoms with Gasteiger partial charge < -0.3 is 15.0 Å². The largest absolute Gasteiger partial charge is 0.445 e. The number of hydrogen-bond acceptors (Lipinski definition) is 4. The fraction of sp³-hybridized carbons (Fsp3) is 0.381. The quantitative estimate of drug-likeness (QED) is 0.920. The molecule has 0 aromatic heterocycles. The molecule has 0 bridgehead atoms. The molecule has 0 saturated carbocycles. The summed E-state index contributed by atoms with van der Waals surface area (Å²) in [5.41, 5.74) is 5.21. The Kier molecular flexibility index (Phi) is 5.18. The molecule has 1 saturated heterocycles. The van der Waals surface area contributed by atoms with Gasteiger partial charge in [0.05, 0.1) is 0 Å². The molecule has 26 heavy (non-hydrogen) atoms. The number of carbonyl (C=O) groups is 1. The van der Waals surface area contributed by atoms with Crippen molar-refractivity contribution in [3.63, 3.8) is 0 Å². The molecule has 2 heterocycles. The van der Waals surface area contributed by atoms with Crippen LogP contribution in [0.3, 0.4) is 0 Å². The molecule has 1 N–H and O–H groups in total. The van der Waals surface area contributed by atoms with E-state index < -0.39 is 0 Å². The molecule has 0 atom stereocenters. The van der Waals surface area contributed by atoms with Crippen LogP contribution >= 0.6 is 0 Å². The van der Waals surface area contributed by atoms with Crippen LogP contribution in [0.2, 0.25) is 0 Å². The van der Waals surface area contributed by atoms with Gasteiger partial charge in [-0.2, -0.15) is 0 Å². The highest BCUT2D eigenvalue weighted by Crippen LogP contribution is 2.18. The molecule has 0 aliphatic carbocycles. The Balaban J connectivity index is 1.24. The fourth-order valence-corrected chi connectivity index (χ4v) is 3.60. The Morgan fingerprint density at radius 3 is 2.50 bits per heavy atom. The number of amides is 1. The van der Waals surface area contributed by atoms with Crippen molar-refractivity contribution < 1.29 is 9.53 Å². The Morgan fingerprint density at radius 2 is 1.69 bits per heavy atom. The standard InChI is InChI=1S/C21H25N3O2/c25-21(26-16-17-4-2-1-3-5-17)24-10-8-23(9-11-24)15-18-6-7-19-13-22-14-20(19)12-18/h1-7,12,22H,8-11,13-16H2. The number of rotatable bonds is 4. The first-order valence-corrected chi connectivity index (χ1v) is 9.27. The lowest BCUT2D eigenvalue weighted by Crippen LogP contribution is -2.48. The molecular formula is C21H25N3O2. The Bertz CT molecular complexity index is 755. The van der Waals surface area contributed by atoms with E-state index in [0.717, 1.165) is 51.4 Å². The van der Waals surface area contributed by atoms with Crippen LogP contribution < -0.4 is 5.32 Å². The molecule has 0 radical (unpaired) electrons. The first kappa shape index (κ1) is 17.1. The van der Waals surface area contributed by atoms with E-state index in [9.17, 15) is 4.79 Å². The van der Waals surface area contributed by atoms with Gasteiger partial charge in [-0.3, -0.25) is 4.90 Å². The summed E-state index contributed by atoms with van der Waals surface area (Å²) in [6.07, 6.45) is -0.211. The molecule has 2 aliphatic heterocycles. The predicted octanol–water partition coefficient (Wildman–Crippen LogP) is 2.74. The van der Waals surface area contributed by atoms with E-state index in [2.05, 4.69) is 28.4 Å². The summed E-state index contributed by atoms with van der Waals surface area (Å²) in [6.45, 7) is 6.46. The lowest BCUT2D eigenvalue weighted by molar-refractivity contribution is 0.0700. The van der Waals surface area contributed by atoms with Crippen molar-refractivity contribution in [2.45, 2.75) is 26.2 Å². The maximum absolute atomic E-state index is 12.2. The zero-order valence-corrected chi connectivity index (χ0v) is 15.0. The molecule has 4 rings (SSSR count). The molecule has 2 aliphatic rings. The van der Waals surface area contributed by atoms with E-state index in [4.69, 9.17) is 4.74 Å². The van der Waals surface area contributed by atoms with Crippen molar-refractivity contribution in [3.8, 4) is 0 Å². The van der Waals surface area contributed by atoms with Crippen molar-refractivity contribution >= 4 is 6.09 Å². The summed E-state index contributed by atoms with van der Waals surface area (Å²) in [7, 11) is 0. The van der Waals surface area contributed by atoms with E-state index in [-0.39, 0.29) is 6.09 Å². The lowest BCUT2D eigenvalue weighted by atomic mass is 10.1. The van der Waals surface area contributed by atoms with Crippen LogP contribution in [0.5, 0.6) is 0 Å². The average molecular weight is 351 g/mol. The SMILES string of the molecule is O=C(OCc1ccccc1)N1CCN(Cc2ccc3c(c2)CNC3)CC1. The molecule has 5 nitrogen and oxygen atoms in total. The number of ether oxygens (including phenoxy) is 1. The average Bonchev–Trinajstić information content (AvgIpc) is 3.15. The van der Waals surface area contributed by atoms with Gasteiger partial charge in [-0.05, 0) is 22.3 Å². The minimum atomic E-state index is -0.211. The van der Waals surface area contributed by atoms with E-state index in [1.807, 2.05) is 35.2 Å². The lowest BCUT2D eigenvalue weighted by Gasteiger charge is -2.34. The van der Waals surface area contributed by atoms with Crippen LogP contribution in [0.25, 0.3) is 0 Å². The van der Waals surface area contributed by atoms with E-state index in [0.29, 0.717) is 6.61 Å². The minimum absolute atomic E-state index is 0.211. The Hall–Kier alpha value is -2.37. The van der Waals surface area contributed by atoms with Crippen LogP contribution in [0, 0.1) is 0 Å². The van der Waals surface area contributed by atoms with Crippen molar-refractivity contribution in [2.24, 2.45) is 0 Å². The highest BCUT2D eigenvalue weighted by atomic mass is 16.6. The Labute approximate surface area is 154 Å². The molecule has 0 spiro atoms. The molecule has 1 amide bonds. The summed E-state index contributed by atoms with van der Waals surface area (Å²) in [4.78, 5) is 16.5. The topological polar surface area (TPSA) is 44.8 Å². The van der Waals surface area contributed by atoms with Crippen molar-refractivity contribution in [1.82, 2.24) is 15.1 Å². The van der Waals surface area contributed by atoms with Gasteiger partial charge in [0.25, 0.3) is 0 Å². The molecule has 2 aromatic rings. The second-order valence-electron chi connectivity index (χ2n) is 7.01. The van der Waals surface area contributed by atoms with Crippen LogP contribution in [-0.4, -0.2) is 42.1 Å². The number of nitrogens with zero attached hydrogens (tertiary/aromatic N) is 2. The molecule has 5 heteroatoms. The van der Waals surface area contributed by atoms with Gasteiger partial charge in [-0.15, -0.1) is 0 Å². The first-order chi connectivity index (χ1) is 12.8. The Morgan fingerprint density at radius 1 is 0.923 bits per heavy atom. The number of piperazine rings is 1. The van der Waals surface area contributed by atoms with Crippen LogP contribution in [0.4, 0.5) is 4.79 Å². The maximum atomic E-state index is 12.2. The van der Waals surface area contributed by atoms with E-state index in [1.54, 1.807) is 0 Å². The van der Waals surface area contributed by atoms with Crippen molar-refractivity contribution in [1.29, 1.82) is 0 Å². The smallest absolute Gasteiger partial charge is 0.410 e. The normalized spacial score (nSPS) is 17.2. The third-order valence-corrected chi connectivity index (χ3v) is 5.14. The maximum Gasteiger partial charge on any atom is 0.410 e. The molecular weight excluding hydrogens is 326 g/mol.